The summed E-state index contributed by atoms with van der Waals surface area (Å²) < 4.78 is 17.9. The van der Waals surface area contributed by atoms with Crippen LogP contribution in [0, 0.1) is 0 Å². The molecule has 1 aliphatic heterocycles. The van der Waals surface area contributed by atoms with Gasteiger partial charge in [-0.3, -0.25) is 14.4 Å². The smallest absolute Gasteiger partial charge is 0.254 e. The lowest BCUT2D eigenvalue weighted by Gasteiger charge is -2.34. The summed E-state index contributed by atoms with van der Waals surface area (Å²) in [6.07, 6.45) is 3.75. The molecule has 146 valence electrons. The molecule has 0 radical (unpaired) electrons. The van der Waals surface area contributed by atoms with E-state index in [0.29, 0.717) is 35.9 Å². The van der Waals surface area contributed by atoms with E-state index >= 15 is 0 Å². The zero-order valence-electron chi connectivity index (χ0n) is 16.1. The molecule has 27 heavy (non-hydrogen) atoms. The lowest BCUT2D eigenvalue weighted by Crippen LogP contribution is -2.49. The molecular weight excluding hydrogens is 348 g/mol. The maximum absolute atomic E-state index is 12.9. The van der Waals surface area contributed by atoms with Crippen LogP contribution in [-0.4, -0.2) is 79.5 Å². The fourth-order valence-electron chi connectivity index (χ4n) is 3.24. The summed E-state index contributed by atoms with van der Waals surface area (Å²) in [5, 5.41) is 4.22. The fraction of sp³-hybridized carbons (Fsp3) is 0.474. The van der Waals surface area contributed by atoms with E-state index in [0.717, 1.165) is 26.2 Å². The third-order valence-electron chi connectivity index (χ3n) is 4.78. The van der Waals surface area contributed by atoms with Gasteiger partial charge < -0.3 is 19.1 Å². The Morgan fingerprint density at radius 3 is 2.19 bits per heavy atom. The molecule has 0 spiro atoms. The number of carbonyl (C=O) groups is 1. The van der Waals surface area contributed by atoms with Gasteiger partial charge in [0.1, 0.15) is 0 Å². The van der Waals surface area contributed by atoms with E-state index < -0.39 is 0 Å². The number of aromatic nitrogens is 2. The van der Waals surface area contributed by atoms with Crippen molar-refractivity contribution in [1.29, 1.82) is 0 Å². The van der Waals surface area contributed by atoms with Gasteiger partial charge in [0.05, 0.1) is 27.9 Å². The van der Waals surface area contributed by atoms with E-state index in [2.05, 4.69) is 10.00 Å². The molecule has 1 aromatic heterocycles. The Bertz CT molecular complexity index is 730. The molecule has 0 bridgehead atoms. The van der Waals surface area contributed by atoms with Crippen LogP contribution < -0.4 is 14.2 Å². The Kier molecular flexibility index (Phi) is 6.18. The van der Waals surface area contributed by atoms with Crippen LogP contribution in [0.2, 0.25) is 0 Å². The van der Waals surface area contributed by atoms with Crippen LogP contribution in [0.3, 0.4) is 0 Å². The maximum atomic E-state index is 12.9. The largest absolute Gasteiger partial charge is 0.493 e. The lowest BCUT2D eigenvalue weighted by molar-refractivity contribution is 0.0631. The molecule has 1 fully saturated rings. The normalized spacial score (nSPS) is 14.9. The van der Waals surface area contributed by atoms with Crippen LogP contribution in [0.5, 0.6) is 17.2 Å². The molecule has 1 aliphatic rings. The topological polar surface area (TPSA) is 69.1 Å². The van der Waals surface area contributed by atoms with E-state index in [-0.39, 0.29) is 5.91 Å². The van der Waals surface area contributed by atoms with Gasteiger partial charge in [0.15, 0.2) is 11.5 Å². The van der Waals surface area contributed by atoms with Crippen molar-refractivity contribution in [2.45, 2.75) is 6.54 Å². The third kappa shape index (κ3) is 4.33. The SMILES string of the molecule is COc1cc(C(=O)N2CCN(CCn3cccn3)CC2)cc(OC)c1OC. The van der Waals surface area contributed by atoms with Crippen molar-refractivity contribution in [3.05, 3.63) is 36.2 Å². The van der Waals surface area contributed by atoms with Crippen molar-refractivity contribution >= 4 is 5.91 Å². The summed E-state index contributed by atoms with van der Waals surface area (Å²) >= 11 is 0. The standard InChI is InChI=1S/C19H26N4O4/c1-25-16-13-15(14-17(26-2)18(16)27-3)19(24)22-10-7-21(8-11-22)9-12-23-6-4-5-20-23/h4-6,13-14H,7-12H2,1-3H3. The number of methoxy groups -OCH3 is 3. The van der Waals surface area contributed by atoms with Crippen molar-refractivity contribution in [2.24, 2.45) is 0 Å². The van der Waals surface area contributed by atoms with Gasteiger partial charge in [0.25, 0.3) is 5.91 Å². The Hall–Kier alpha value is -2.74. The zero-order valence-corrected chi connectivity index (χ0v) is 16.1. The number of carbonyl (C=O) groups excluding carboxylic acids is 1. The number of piperazine rings is 1. The monoisotopic (exact) mass is 374 g/mol. The second-order valence-corrected chi connectivity index (χ2v) is 6.32. The second-order valence-electron chi connectivity index (χ2n) is 6.32. The van der Waals surface area contributed by atoms with Crippen LogP contribution in [0.1, 0.15) is 10.4 Å². The zero-order chi connectivity index (χ0) is 19.2. The first-order valence-electron chi connectivity index (χ1n) is 8.95. The van der Waals surface area contributed by atoms with Crippen LogP contribution >= 0.6 is 0 Å². The highest BCUT2D eigenvalue weighted by Gasteiger charge is 2.24. The molecule has 1 amide bonds. The Balaban J connectivity index is 1.62. The number of hydrogen-bond acceptors (Lipinski definition) is 6. The van der Waals surface area contributed by atoms with Crippen molar-refractivity contribution in [1.82, 2.24) is 19.6 Å². The molecule has 0 saturated carbocycles. The highest BCUT2D eigenvalue weighted by molar-refractivity contribution is 5.95. The molecule has 3 rings (SSSR count). The van der Waals surface area contributed by atoms with Crippen molar-refractivity contribution in [2.75, 3.05) is 54.1 Å². The van der Waals surface area contributed by atoms with E-state index in [1.807, 2.05) is 21.8 Å². The highest BCUT2D eigenvalue weighted by atomic mass is 16.5. The third-order valence-corrected chi connectivity index (χ3v) is 4.78. The van der Waals surface area contributed by atoms with Gasteiger partial charge >= 0.3 is 0 Å². The number of rotatable bonds is 7. The lowest BCUT2D eigenvalue weighted by atomic mass is 10.1. The Labute approximate surface area is 159 Å². The first kappa shape index (κ1) is 19.0. The highest BCUT2D eigenvalue weighted by Crippen LogP contribution is 2.38. The first-order chi connectivity index (χ1) is 13.2. The van der Waals surface area contributed by atoms with Crippen LogP contribution in [0.15, 0.2) is 30.6 Å². The van der Waals surface area contributed by atoms with Crippen LogP contribution in [-0.2, 0) is 6.54 Å². The summed E-state index contributed by atoms with van der Waals surface area (Å²) in [4.78, 5) is 17.1. The Morgan fingerprint density at radius 2 is 1.67 bits per heavy atom. The quantitative estimate of drug-likeness (QED) is 0.729. The molecule has 0 N–H and O–H groups in total. The van der Waals surface area contributed by atoms with Crippen molar-refractivity contribution in [3.63, 3.8) is 0 Å². The molecular formula is C19H26N4O4. The minimum absolute atomic E-state index is 0.0269. The van der Waals surface area contributed by atoms with E-state index in [1.54, 1.807) is 39.7 Å². The predicted octanol–water partition coefficient (Wildman–Crippen LogP) is 1.37. The van der Waals surface area contributed by atoms with E-state index in [1.165, 1.54) is 0 Å². The van der Waals surface area contributed by atoms with Crippen molar-refractivity contribution in [3.8, 4) is 17.2 Å². The van der Waals surface area contributed by atoms with Gasteiger partial charge in [0, 0.05) is 50.7 Å². The van der Waals surface area contributed by atoms with Gasteiger partial charge in [0.2, 0.25) is 5.75 Å². The maximum Gasteiger partial charge on any atom is 0.254 e. The van der Waals surface area contributed by atoms with E-state index in [9.17, 15) is 4.79 Å². The average Bonchev–Trinajstić information content (AvgIpc) is 3.24. The first-order valence-corrected chi connectivity index (χ1v) is 8.95. The molecule has 1 aromatic carbocycles. The number of nitrogens with zero attached hydrogens (tertiary/aromatic N) is 4. The Morgan fingerprint density at radius 1 is 1.00 bits per heavy atom. The summed E-state index contributed by atoms with van der Waals surface area (Å²) in [7, 11) is 4.64. The van der Waals surface area contributed by atoms with Gasteiger partial charge in [-0.15, -0.1) is 0 Å². The van der Waals surface area contributed by atoms with Crippen molar-refractivity contribution < 1.29 is 19.0 Å². The molecule has 8 nitrogen and oxygen atoms in total. The van der Waals surface area contributed by atoms with Crippen LogP contribution in [0.4, 0.5) is 0 Å². The predicted molar refractivity (Wildman–Crippen MR) is 101 cm³/mol. The summed E-state index contributed by atoms with van der Waals surface area (Å²) in [6.45, 7) is 4.85. The number of ether oxygens (including phenoxy) is 3. The fourth-order valence-corrected chi connectivity index (χ4v) is 3.24. The summed E-state index contributed by atoms with van der Waals surface area (Å²) in [5.74, 6) is 1.43. The minimum Gasteiger partial charge on any atom is -0.493 e. The van der Waals surface area contributed by atoms with E-state index in [4.69, 9.17) is 14.2 Å². The molecule has 8 heteroatoms. The average molecular weight is 374 g/mol. The molecule has 0 unspecified atom stereocenters. The molecule has 0 atom stereocenters. The minimum atomic E-state index is -0.0269. The molecule has 1 saturated heterocycles. The summed E-state index contributed by atoms with van der Waals surface area (Å²) in [5.41, 5.74) is 0.537. The van der Waals surface area contributed by atoms with Gasteiger partial charge in [-0.05, 0) is 18.2 Å². The summed E-state index contributed by atoms with van der Waals surface area (Å²) in [6, 6.07) is 5.33. The number of hydrogen-bond donors (Lipinski definition) is 0. The molecule has 2 heterocycles. The number of benzene rings is 1. The molecule has 0 aliphatic carbocycles. The van der Waals surface area contributed by atoms with Gasteiger partial charge in [-0.2, -0.15) is 5.10 Å². The molecule has 2 aromatic rings. The van der Waals surface area contributed by atoms with Gasteiger partial charge in [-0.25, -0.2) is 0 Å². The number of amides is 1. The second kappa shape index (κ2) is 8.77. The van der Waals surface area contributed by atoms with Crippen LogP contribution in [0.25, 0.3) is 0 Å². The van der Waals surface area contributed by atoms with Gasteiger partial charge in [-0.1, -0.05) is 0 Å².